The van der Waals surface area contributed by atoms with Crippen molar-refractivity contribution in [3.8, 4) is 0 Å². The molecule has 3 aromatic rings. The van der Waals surface area contributed by atoms with E-state index in [1.807, 2.05) is 54.6 Å². The summed E-state index contributed by atoms with van der Waals surface area (Å²) < 4.78 is 0. The van der Waals surface area contributed by atoms with Crippen LogP contribution in [0.5, 0.6) is 0 Å². The van der Waals surface area contributed by atoms with E-state index in [0.29, 0.717) is 34.9 Å². The molecule has 1 saturated heterocycles. The first-order valence-electron chi connectivity index (χ1n) is 11.0. The Morgan fingerprint density at radius 2 is 1.76 bits per heavy atom. The van der Waals surface area contributed by atoms with Crippen LogP contribution in [0.25, 0.3) is 0 Å². The van der Waals surface area contributed by atoms with E-state index in [2.05, 4.69) is 5.32 Å². The van der Waals surface area contributed by atoms with E-state index < -0.39 is 4.87 Å². The number of carbonyl (C=O) groups is 3. The van der Waals surface area contributed by atoms with Gasteiger partial charge in [0.15, 0.2) is 0 Å². The molecule has 0 aliphatic carbocycles. The highest BCUT2D eigenvalue weighted by Crippen LogP contribution is 2.55. The fourth-order valence-corrected chi connectivity index (χ4v) is 6.06. The van der Waals surface area contributed by atoms with Gasteiger partial charge in [-0.25, -0.2) is 0 Å². The van der Waals surface area contributed by atoms with Crippen LogP contribution < -0.4 is 15.1 Å². The smallest absolute Gasteiger partial charge is 0.269 e. The second-order valence-electron chi connectivity index (χ2n) is 8.14. The summed E-state index contributed by atoms with van der Waals surface area (Å²) in [5, 5.41) is 3.39. The number of fused-ring (bicyclic) bond motifs is 2. The minimum Gasteiger partial charge on any atom is -0.354 e. The summed E-state index contributed by atoms with van der Waals surface area (Å²) >= 11 is 7.48. The molecule has 5 rings (SSSR count). The Kier molecular flexibility index (Phi) is 6.06. The predicted molar refractivity (Wildman–Crippen MR) is 135 cm³/mol. The summed E-state index contributed by atoms with van der Waals surface area (Å²) in [4.78, 5) is 41.5. The topological polar surface area (TPSA) is 69.7 Å². The van der Waals surface area contributed by atoms with Gasteiger partial charge < -0.3 is 5.32 Å². The third-order valence-corrected chi connectivity index (χ3v) is 7.63. The molecule has 1 atom stereocenters. The van der Waals surface area contributed by atoms with Crippen molar-refractivity contribution in [3.63, 3.8) is 0 Å². The van der Waals surface area contributed by atoms with E-state index in [9.17, 15) is 14.4 Å². The normalized spacial score (nSPS) is 19.1. The number of nitrogens with zero attached hydrogens (tertiary/aromatic N) is 2. The van der Waals surface area contributed by atoms with Crippen LogP contribution in [0, 0.1) is 0 Å². The molecule has 0 saturated carbocycles. The summed E-state index contributed by atoms with van der Waals surface area (Å²) in [7, 11) is 0. The molecule has 1 fully saturated rings. The first-order valence-corrected chi connectivity index (χ1v) is 12.3. The highest BCUT2D eigenvalue weighted by molar-refractivity contribution is 8.02. The highest BCUT2D eigenvalue weighted by atomic mass is 35.5. The van der Waals surface area contributed by atoms with Gasteiger partial charge in [-0.05, 0) is 36.2 Å². The number of thioether (sulfide) groups is 1. The summed E-state index contributed by atoms with van der Waals surface area (Å²) in [5.74, 6) is -0.573. The second-order valence-corrected chi connectivity index (χ2v) is 9.74. The summed E-state index contributed by atoms with van der Waals surface area (Å²) in [6.07, 6.45) is 0.702. The molecule has 3 aromatic carbocycles. The molecule has 6 nitrogen and oxygen atoms in total. The van der Waals surface area contributed by atoms with Crippen LogP contribution in [-0.2, 0) is 25.7 Å². The van der Waals surface area contributed by atoms with Crippen molar-refractivity contribution in [1.82, 2.24) is 5.32 Å². The average Bonchev–Trinajstić information content (AvgIpc) is 3.31. The van der Waals surface area contributed by atoms with E-state index in [-0.39, 0.29) is 30.0 Å². The van der Waals surface area contributed by atoms with Gasteiger partial charge >= 0.3 is 0 Å². The van der Waals surface area contributed by atoms with E-state index >= 15 is 0 Å². The standard InChI is InChI=1S/C26H22ClN3O3S/c27-19-9-6-10-20(15-19)30-24(32)17-34-26(30)21-11-4-5-12-22(21)29(25(26)33)16-23(31)28-14-13-18-7-2-1-3-8-18/h1-12,15H,13-14,16-17H2,(H,28,31)/t26-/m0/s1. The number of hydrogen-bond donors (Lipinski definition) is 1. The Labute approximate surface area is 206 Å². The van der Waals surface area contributed by atoms with E-state index in [1.54, 1.807) is 24.3 Å². The molecule has 0 unspecified atom stereocenters. The van der Waals surface area contributed by atoms with Crippen LogP contribution in [0.3, 0.4) is 0 Å². The fraction of sp³-hybridized carbons (Fsp3) is 0.192. The number of amides is 3. The lowest BCUT2D eigenvalue weighted by atomic mass is 10.0. The van der Waals surface area contributed by atoms with Crippen molar-refractivity contribution < 1.29 is 14.4 Å². The molecule has 8 heteroatoms. The fourth-order valence-electron chi connectivity index (χ4n) is 4.52. The van der Waals surface area contributed by atoms with Crippen molar-refractivity contribution in [2.24, 2.45) is 0 Å². The van der Waals surface area contributed by atoms with Gasteiger partial charge in [0.05, 0.1) is 11.4 Å². The van der Waals surface area contributed by atoms with Crippen LogP contribution in [0.15, 0.2) is 78.9 Å². The molecule has 0 aromatic heterocycles. The van der Waals surface area contributed by atoms with Gasteiger partial charge in [0.1, 0.15) is 6.54 Å². The van der Waals surface area contributed by atoms with Crippen molar-refractivity contribution in [2.75, 3.05) is 28.6 Å². The SMILES string of the molecule is O=C(CN1C(=O)[C@@]2(SCC(=O)N2c2cccc(Cl)c2)c2ccccc21)NCCc1ccccc1. The second kappa shape index (κ2) is 9.16. The Bertz CT molecular complexity index is 1270. The van der Waals surface area contributed by atoms with Crippen molar-refractivity contribution in [1.29, 1.82) is 0 Å². The number of benzene rings is 3. The highest BCUT2D eigenvalue weighted by Gasteiger charge is 2.61. The molecule has 1 N–H and O–H groups in total. The molecule has 172 valence electrons. The third-order valence-electron chi connectivity index (χ3n) is 6.01. The van der Waals surface area contributed by atoms with E-state index in [4.69, 9.17) is 11.6 Å². The summed E-state index contributed by atoms with van der Waals surface area (Å²) in [5.41, 5.74) is 3.02. The molecule has 3 amide bonds. The molecular formula is C26H22ClN3O3S. The monoisotopic (exact) mass is 491 g/mol. The van der Waals surface area contributed by atoms with Gasteiger partial charge in [-0.2, -0.15) is 0 Å². The Balaban J connectivity index is 1.41. The molecule has 34 heavy (non-hydrogen) atoms. The maximum atomic E-state index is 13.9. The molecule has 2 aliphatic heterocycles. The first kappa shape index (κ1) is 22.5. The van der Waals surface area contributed by atoms with Gasteiger partial charge in [0.25, 0.3) is 5.91 Å². The maximum Gasteiger partial charge on any atom is 0.269 e. The van der Waals surface area contributed by atoms with Gasteiger partial charge in [0.2, 0.25) is 16.7 Å². The maximum absolute atomic E-state index is 13.9. The van der Waals surface area contributed by atoms with Gasteiger partial charge in [-0.3, -0.25) is 24.2 Å². The molecular weight excluding hydrogens is 470 g/mol. The Morgan fingerprint density at radius 3 is 2.56 bits per heavy atom. The minimum absolute atomic E-state index is 0.121. The number of nitrogens with one attached hydrogen (secondary N) is 1. The average molecular weight is 492 g/mol. The van der Waals surface area contributed by atoms with E-state index in [1.165, 1.54) is 21.6 Å². The molecule has 0 bridgehead atoms. The van der Waals surface area contributed by atoms with Crippen LogP contribution >= 0.6 is 23.4 Å². The lowest BCUT2D eigenvalue weighted by Gasteiger charge is -2.33. The number of para-hydroxylation sites is 1. The third kappa shape index (κ3) is 3.85. The zero-order valence-corrected chi connectivity index (χ0v) is 19.8. The van der Waals surface area contributed by atoms with Crippen LogP contribution in [0.2, 0.25) is 5.02 Å². The number of rotatable bonds is 6. The number of hydrogen-bond acceptors (Lipinski definition) is 4. The number of anilines is 2. The van der Waals surface area contributed by atoms with Crippen molar-refractivity contribution in [2.45, 2.75) is 11.3 Å². The number of halogens is 1. The predicted octanol–water partition coefficient (Wildman–Crippen LogP) is 3.98. The van der Waals surface area contributed by atoms with E-state index in [0.717, 1.165) is 5.56 Å². The quantitative estimate of drug-likeness (QED) is 0.566. The van der Waals surface area contributed by atoms with Crippen molar-refractivity contribution in [3.05, 3.63) is 95.0 Å². The lowest BCUT2D eigenvalue weighted by molar-refractivity contribution is -0.125. The molecule has 2 heterocycles. The van der Waals surface area contributed by atoms with Gasteiger partial charge in [0, 0.05) is 22.8 Å². The lowest BCUT2D eigenvalue weighted by Crippen LogP contribution is -2.51. The Hall–Kier alpha value is -3.29. The summed E-state index contributed by atoms with van der Waals surface area (Å²) in [6.45, 7) is 0.351. The molecule has 0 radical (unpaired) electrons. The Morgan fingerprint density at radius 1 is 1.00 bits per heavy atom. The van der Waals surface area contributed by atoms with Gasteiger partial charge in [-0.1, -0.05) is 66.2 Å². The minimum atomic E-state index is -1.26. The van der Waals surface area contributed by atoms with Crippen LogP contribution in [0.4, 0.5) is 11.4 Å². The zero-order chi connectivity index (χ0) is 23.7. The molecule has 2 aliphatic rings. The first-order chi connectivity index (χ1) is 16.5. The van der Waals surface area contributed by atoms with Crippen LogP contribution in [-0.4, -0.2) is 36.6 Å². The zero-order valence-electron chi connectivity index (χ0n) is 18.2. The van der Waals surface area contributed by atoms with Crippen molar-refractivity contribution >= 4 is 52.5 Å². The largest absolute Gasteiger partial charge is 0.354 e. The number of carbonyl (C=O) groups excluding carboxylic acids is 3. The molecule has 1 spiro atoms. The van der Waals surface area contributed by atoms with Gasteiger partial charge in [-0.15, -0.1) is 11.8 Å². The summed E-state index contributed by atoms with van der Waals surface area (Å²) in [6, 6.07) is 24.2. The van der Waals surface area contributed by atoms with Crippen LogP contribution in [0.1, 0.15) is 11.1 Å².